The molecule has 2 N–H and O–H groups in total. The van der Waals surface area contributed by atoms with E-state index >= 15 is 0 Å². The Morgan fingerprint density at radius 2 is 1.87 bits per heavy atom. The van der Waals surface area contributed by atoms with E-state index in [0.717, 1.165) is 0 Å². The SMILES string of the molecule is Cl.OCC(F)(F)[C@H](c1cc2c(cc1Br)OCO2)N1CCNCC1. The predicted octanol–water partition coefficient (Wildman–Crippen LogP) is 2.17. The second-order valence-electron chi connectivity index (χ2n) is 5.33. The summed E-state index contributed by atoms with van der Waals surface area (Å²) in [5, 5.41) is 12.3. The van der Waals surface area contributed by atoms with Crippen LogP contribution in [0.1, 0.15) is 11.6 Å². The molecular weight excluding hydrogens is 398 g/mol. The first-order valence-corrected chi connectivity index (χ1v) is 7.85. The van der Waals surface area contributed by atoms with Gasteiger partial charge in [0, 0.05) is 30.7 Å². The molecule has 2 heterocycles. The number of aliphatic hydroxyl groups is 1. The summed E-state index contributed by atoms with van der Waals surface area (Å²) in [5.41, 5.74) is 0.394. The van der Waals surface area contributed by atoms with Gasteiger partial charge in [0.25, 0.3) is 5.92 Å². The number of nitrogens with one attached hydrogen (secondary N) is 1. The molecule has 0 saturated carbocycles. The second-order valence-corrected chi connectivity index (χ2v) is 6.19. The fourth-order valence-corrected chi connectivity index (χ4v) is 3.40. The third-order valence-corrected chi connectivity index (χ3v) is 4.60. The van der Waals surface area contributed by atoms with Gasteiger partial charge in [-0.15, -0.1) is 12.4 Å². The topological polar surface area (TPSA) is 54.0 Å². The Labute approximate surface area is 147 Å². The molecule has 2 aliphatic heterocycles. The highest BCUT2D eigenvalue weighted by Gasteiger charge is 2.45. The zero-order chi connectivity index (χ0) is 15.7. The largest absolute Gasteiger partial charge is 0.454 e. The summed E-state index contributed by atoms with van der Waals surface area (Å²) in [6, 6.07) is 1.99. The Morgan fingerprint density at radius 1 is 1.26 bits per heavy atom. The summed E-state index contributed by atoms with van der Waals surface area (Å²) in [5.74, 6) is -2.28. The van der Waals surface area contributed by atoms with E-state index < -0.39 is 18.6 Å². The minimum absolute atomic E-state index is 0. The van der Waals surface area contributed by atoms with Gasteiger partial charge in [-0.2, -0.15) is 0 Å². The van der Waals surface area contributed by atoms with Crippen molar-refractivity contribution in [2.24, 2.45) is 0 Å². The number of piperazine rings is 1. The van der Waals surface area contributed by atoms with Gasteiger partial charge in [-0.1, -0.05) is 15.9 Å². The van der Waals surface area contributed by atoms with E-state index in [1.165, 1.54) is 0 Å². The highest BCUT2D eigenvalue weighted by molar-refractivity contribution is 9.10. The van der Waals surface area contributed by atoms with Crippen molar-refractivity contribution in [3.8, 4) is 11.5 Å². The lowest BCUT2D eigenvalue weighted by molar-refractivity contribution is -0.118. The Morgan fingerprint density at radius 3 is 2.48 bits per heavy atom. The van der Waals surface area contributed by atoms with Crippen LogP contribution in [0.4, 0.5) is 8.78 Å². The first-order valence-electron chi connectivity index (χ1n) is 7.05. The molecule has 0 bridgehead atoms. The number of nitrogens with zero attached hydrogens (tertiary/aromatic N) is 1. The van der Waals surface area contributed by atoms with Crippen molar-refractivity contribution in [3.63, 3.8) is 0 Å². The van der Waals surface area contributed by atoms with Crippen molar-refractivity contribution >= 4 is 28.3 Å². The molecule has 1 fully saturated rings. The van der Waals surface area contributed by atoms with Crippen LogP contribution in [0.15, 0.2) is 16.6 Å². The number of hydrogen-bond donors (Lipinski definition) is 2. The van der Waals surface area contributed by atoms with E-state index in [2.05, 4.69) is 21.2 Å². The highest BCUT2D eigenvalue weighted by Crippen LogP contribution is 2.45. The maximum Gasteiger partial charge on any atom is 0.289 e. The fraction of sp³-hybridized carbons (Fsp3) is 0.571. The molecule has 9 heteroatoms. The number of benzene rings is 1. The van der Waals surface area contributed by atoms with Crippen LogP contribution in [0.5, 0.6) is 11.5 Å². The summed E-state index contributed by atoms with van der Waals surface area (Å²) in [6.07, 6.45) is 0. The summed E-state index contributed by atoms with van der Waals surface area (Å²) in [4.78, 5) is 1.69. The van der Waals surface area contributed by atoms with E-state index in [4.69, 9.17) is 9.47 Å². The lowest BCUT2D eigenvalue weighted by Crippen LogP contribution is -2.51. The number of rotatable bonds is 4. The average molecular weight is 416 g/mol. The molecule has 0 aliphatic carbocycles. The van der Waals surface area contributed by atoms with Crippen molar-refractivity contribution in [1.82, 2.24) is 10.2 Å². The molecule has 0 aromatic heterocycles. The number of alkyl halides is 2. The second kappa shape index (κ2) is 7.48. The van der Waals surface area contributed by atoms with Gasteiger partial charge >= 0.3 is 0 Å². The molecule has 1 saturated heterocycles. The van der Waals surface area contributed by atoms with Crippen LogP contribution in [0.25, 0.3) is 0 Å². The number of ether oxygens (including phenoxy) is 2. The van der Waals surface area contributed by atoms with Gasteiger partial charge in [-0.05, 0) is 17.7 Å². The van der Waals surface area contributed by atoms with Gasteiger partial charge in [-0.3, -0.25) is 4.90 Å². The van der Waals surface area contributed by atoms with Crippen LogP contribution in [-0.4, -0.2) is 55.5 Å². The first kappa shape index (κ1) is 18.7. The third kappa shape index (κ3) is 3.71. The number of halogens is 4. The maximum absolute atomic E-state index is 14.4. The lowest BCUT2D eigenvalue weighted by atomic mass is 9.97. The summed E-state index contributed by atoms with van der Waals surface area (Å²) in [6.45, 7) is 1.13. The van der Waals surface area contributed by atoms with Gasteiger partial charge < -0.3 is 19.9 Å². The Balaban J connectivity index is 0.00000192. The zero-order valence-corrected chi connectivity index (χ0v) is 14.6. The minimum Gasteiger partial charge on any atom is -0.454 e. The standard InChI is InChI=1S/C14H17BrF2N2O3.ClH/c15-10-6-12-11(21-8-22-12)5-9(10)13(14(16,17)7-20)19-3-1-18-2-4-19;/h5-6,13,18,20H,1-4,7-8H2;1H/t13-;/m0./s1. The van der Waals surface area contributed by atoms with Crippen LogP contribution >= 0.6 is 28.3 Å². The summed E-state index contributed by atoms with van der Waals surface area (Å²) in [7, 11) is 0. The highest BCUT2D eigenvalue weighted by atomic mass is 79.9. The minimum atomic E-state index is -3.26. The molecular formula is C14H18BrClF2N2O3. The molecule has 5 nitrogen and oxygen atoms in total. The van der Waals surface area contributed by atoms with E-state index in [1.807, 2.05) is 0 Å². The molecule has 0 amide bonds. The van der Waals surface area contributed by atoms with Crippen LogP contribution in [-0.2, 0) is 0 Å². The number of fused-ring (bicyclic) bond motifs is 1. The van der Waals surface area contributed by atoms with Crippen molar-refractivity contribution in [3.05, 3.63) is 22.2 Å². The molecule has 3 rings (SSSR count). The molecule has 1 aromatic rings. The predicted molar refractivity (Wildman–Crippen MR) is 86.7 cm³/mol. The fourth-order valence-electron chi connectivity index (χ4n) is 2.86. The smallest absolute Gasteiger partial charge is 0.289 e. The van der Waals surface area contributed by atoms with Gasteiger partial charge in [0.05, 0.1) is 0 Å². The van der Waals surface area contributed by atoms with Crippen molar-refractivity contribution in [2.45, 2.75) is 12.0 Å². The number of hydrogen-bond acceptors (Lipinski definition) is 5. The van der Waals surface area contributed by atoms with Crippen molar-refractivity contribution in [2.75, 3.05) is 39.6 Å². The Bertz CT molecular complexity index is 559. The van der Waals surface area contributed by atoms with Gasteiger partial charge in [0.2, 0.25) is 6.79 Å². The molecule has 0 unspecified atom stereocenters. The van der Waals surface area contributed by atoms with Crippen LogP contribution in [0, 0.1) is 0 Å². The molecule has 0 radical (unpaired) electrons. The molecule has 1 aromatic carbocycles. The monoisotopic (exact) mass is 414 g/mol. The van der Waals surface area contributed by atoms with Gasteiger partial charge in [0.1, 0.15) is 12.6 Å². The molecule has 130 valence electrons. The van der Waals surface area contributed by atoms with Gasteiger partial charge in [0.15, 0.2) is 11.5 Å². The Hall–Kier alpha value is -0.670. The quantitative estimate of drug-likeness (QED) is 0.789. The zero-order valence-electron chi connectivity index (χ0n) is 12.2. The van der Waals surface area contributed by atoms with Gasteiger partial charge in [-0.25, -0.2) is 8.78 Å². The number of aliphatic hydroxyl groups excluding tert-OH is 1. The van der Waals surface area contributed by atoms with Crippen molar-refractivity contribution < 1.29 is 23.4 Å². The lowest BCUT2D eigenvalue weighted by Gasteiger charge is -2.39. The maximum atomic E-state index is 14.4. The summed E-state index contributed by atoms with van der Waals surface area (Å²) < 4.78 is 39.9. The van der Waals surface area contributed by atoms with Crippen LogP contribution in [0.3, 0.4) is 0 Å². The first-order chi connectivity index (χ1) is 10.5. The molecule has 1 atom stereocenters. The molecule has 0 spiro atoms. The van der Waals surface area contributed by atoms with E-state index in [-0.39, 0.29) is 19.2 Å². The van der Waals surface area contributed by atoms with E-state index in [1.54, 1.807) is 17.0 Å². The Kier molecular flexibility index (Phi) is 6.07. The summed E-state index contributed by atoms with van der Waals surface area (Å²) >= 11 is 3.35. The van der Waals surface area contributed by atoms with E-state index in [9.17, 15) is 13.9 Å². The molecule has 23 heavy (non-hydrogen) atoms. The van der Waals surface area contributed by atoms with E-state index in [0.29, 0.717) is 47.7 Å². The third-order valence-electron chi connectivity index (χ3n) is 3.91. The van der Waals surface area contributed by atoms with Crippen molar-refractivity contribution in [1.29, 1.82) is 0 Å². The average Bonchev–Trinajstić information content (AvgIpc) is 2.95. The molecule has 2 aliphatic rings. The normalized spacial score (nSPS) is 19.3. The van der Waals surface area contributed by atoms with Crippen LogP contribution < -0.4 is 14.8 Å². The van der Waals surface area contributed by atoms with Crippen LogP contribution in [0.2, 0.25) is 0 Å².